The zero-order valence-electron chi connectivity index (χ0n) is 14.9. The number of hydrogen-bond acceptors (Lipinski definition) is 3. The Balaban J connectivity index is 0.00000338. The molecule has 0 aliphatic rings. The maximum Gasteiger partial charge on any atom is 0.234 e. The minimum atomic E-state index is 0. The van der Waals surface area contributed by atoms with E-state index in [2.05, 4.69) is 22.3 Å². The zero-order valence-corrected chi connectivity index (χ0v) is 16.4. The first-order valence-corrected chi connectivity index (χ1v) is 9.02. The Bertz CT molecular complexity index is 635. The van der Waals surface area contributed by atoms with Crippen molar-refractivity contribution in [3.63, 3.8) is 0 Å². The van der Waals surface area contributed by atoms with Crippen LogP contribution in [0.2, 0.25) is 5.02 Å². The number of nitrogens with two attached hydrogens (primary N) is 1. The fourth-order valence-corrected chi connectivity index (χ4v) is 2.77. The highest BCUT2D eigenvalue weighted by Gasteiger charge is 2.10. The summed E-state index contributed by atoms with van der Waals surface area (Å²) >= 11 is 5.87. The van der Waals surface area contributed by atoms with Crippen LogP contribution >= 0.6 is 24.0 Å². The van der Waals surface area contributed by atoms with E-state index >= 15 is 0 Å². The van der Waals surface area contributed by atoms with Crippen LogP contribution in [0.15, 0.2) is 54.6 Å². The van der Waals surface area contributed by atoms with Crippen molar-refractivity contribution in [2.45, 2.75) is 12.8 Å². The van der Waals surface area contributed by atoms with Crippen molar-refractivity contribution in [1.29, 1.82) is 0 Å². The molecule has 0 heterocycles. The third-order valence-electron chi connectivity index (χ3n) is 4.02. The molecule has 0 unspecified atom stereocenters. The second-order valence-corrected chi connectivity index (χ2v) is 6.46. The van der Waals surface area contributed by atoms with Crippen molar-refractivity contribution in [2.75, 3.05) is 32.7 Å². The van der Waals surface area contributed by atoms with Crippen LogP contribution in [0.3, 0.4) is 0 Å². The Hall–Kier alpha value is -1.59. The molecule has 4 nitrogen and oxygen atoms in total. The lowest BCUT2D eigenvalue weighted by Gasteiger charge is -2.21. The number of nitrogens with zero attached hydrogens (tertiary/aromatic N) is 1. The number of carbonyl (C=O) groups excluding carboxylic acids is 1. The minimum Gasteiger partial charge on any atom is -0.355 e. The average molecular weight is 396 g/mol. The number of halogens is 2. The SMILES string of the molecule is Cl.NCCN(CCc1ccccc1)CC(=O)NCCc1ccc(Cl)cc1. The normalized spacial score (nSPS) is 10.4. The van der Waals surface area contributed by atoms with Gasteiger partial charge in [-0.2, -0.15) is 0 Å². The number of amides is 1. The van der Waals surface area contributed by atoms with Gasteiger partial charge in [-0.1, -0.05) is 54.1 Å². The highest BCUT2D eigenvalue weighted by atomic mass is 35.5. The average Bonchev–Trinajstić information content (AvgIpc) is 2.62. The molecule has 0 fully saturated rings. The Morgan fingerprint density at radius 3 is 2.27 bits per heavy atom. The van der Waals surface area contributed by atoms with E-state index in [0.717, 1.165) is 36.5 Å². The highest BCUT2D eigenvalue weighted by Crippen LogP contribution is 2.09. The summed E-state index contributed by atoms with van der Waals surface area (Å²) in [5, 5.41) is 3.70. The summed E-state index contributed by atoms with van der Waals surface area (Å²) in [5.41, 5.74) is 8.11. The van der Waals surface area contributed by atoms with Gasteiger partial charge in [0.15, 0.2) is 0 Å². The minimum absolute atomic E-state index is 0. The lowest BCUT2D eigenvalue weighted by Crippen LogP contribution is -2.41. The van der Waals surface area contributed by atoms with Crippen molar-refractivity contribution in [2.24, 2.45) is 5.73 Å². The summed E-state index contributed by atoms with van der Waals surface area (Å²) in [4.78, 5) is 14.3. The van der Waals surface area contributed by atoms with Gasteiger partial charge in [0.1, 0.15) is 0 Å². The molecule has 2 aromatic rings. The summed E-state index contributed by atoms with van der Waals surface area (Å²) in [6.07, 6.45) is 1.71. The van der Waals surface area contributed by atoms with Gasteiger partial charge in [0, 0.05) is 31.2 Å². The van der Waals surface area contributed by atoms with Gasteiger partial charge in [-0.05, 0) is 36.1 Å². The van der Waals surface area contributed by atoms with E-state index in [1.807, 2.05) is 42.5 Å². The molecule has 0 aromatic heterocycles. The Kier molecular flexibility index (Phi) is 11.0. The van der Waals surface area contributed by atoms with E-state index in [1.54, 1.807) is 0 Å². The standard InChI is InChI=1S/C20H26ClN3O.ClH/c21-19-8-6-18(7-9-19)10-13-23-20(25)16-24(15-12-22)14-11-17-4-2-1-3-5-17;/h1-9H,10-16,22H2,(H,23,25);1H. The molecule has 0 radical (unpaired) electrons. The largest absolute Gasteiger partial charge is 0.355 e. The van der Waals surface area contributed by atoms with E-state index in [1.165, 1.54) is 5.56 Å². The van der Waals surface area contributed by atoms with Crippen molar-refractivity contribution in [1.82, 2.24) is 10.2 Å². The van der Waals surface area contributed by atoms with Crippen molar-refractivity contribution < 1.29 is 4.79 Å². The van der Waals surface area contributed by atoms with Crippen LogP contribution in [0, 0.1) is 0 Å². The molecular formula is C20H27Cl2N3O. The van der Waals surface area contributed by atoms with Gasteiger partial charge in [0.2, 0.25) is 5.91 Å². The summed E-state index contributed by atoms with van der Waals surface area (Å²) in [7, 11) is 0. The maximum absolute atomic E-state index is 12.2. The summed E-state index contributed by atoms with van der Waals surface area (Å²) in [6.45, 7) is 3.09. The van der Waals surface area contributed by atoms with Crippen LogP contribution in [-0.2, 0) is 17.6 Å². The van der Waals surface area contributed by atoms with Crippen molar-refractivity contribution in [3.8, 4) is 0 Å². The van der Waals surface area contributed by atoms with E-state index in [9.17, 15) is 4.79 Å². The van der Waals surface area contributed by atoms with Crippen molar-refractivity contribution >= 4 is 29.9 Å². The molecule has 2 aromatic carbocycles. The molecule has 0 spiro atoms. The first-order chi connectivity index (χ1) is 12.2. The summed E-state index contributed by atoms with van der Waals surface area (Å²) < 4.78 is 0. The van der Waals surface area contributed by atoms with Gasteiger partial charge in [-0.25, -0.2) is 0 Å². The Labute approximate surface area is 167 Å². The summed E-state index contributed by atoms with van der Waals surface area (Å²) in [6, 6.07) is 18.0. The third-order valence-corrected chi connectivity index (χ3v) is 4.27. The second-order valence-electron chi connectivity index (χ2n) is 6.03. The van der Waals surface area contributed by atoms with Gasteiger partial charge >= 0.3 is 0 Å². The number of benzene rings is 2. The molecular weight excluding hydrogens is 369 g/mol. The predicted octanol–water partition coefficient (Wildman–Crippen LogP) is 2.92. The van der Waals surface area contributed by atoms with Gasteiger partial charge in [-0.15, -0.1) is 12.4 Å². The third kappa shape index (κ3) is 8.68. The number of hydrogen-bond donors (Lipinski definition) is 2. The molecule has 0 aliphatic heterocycles. The van der Waals surface area contributed by atoms with Gasteiger partial charge in [-0.3, -0.25) is 9.69 Å². The molecule has 0 saturated heterocycles. The summed E-state index contributed by atoms with van der Waals surface area (Å²) in [5.74, 6) is 0.0375. The number of nitrogens with one attached hydrogen (secondary N) is 1. The first kappa shape index (κ1) is 22.5. The Morgan fingerprint density at radius 2 is 1.62 bits per heavy atom. The monoisotopic (exact) mass is 395 g/mol. The molecule has 2 rings (SSSR count). The lowest BCUT2D eigenvalue weighted by atomic mass is 10.1. The molecule has 0 aliphatic carbocycles. The smallest absolute Gasteiger partial charge is 0.234 e. The van der Waals surface area contributed by atoms with E-state index in [4.69, 9.17) is 17.3 Å². The van der Waals surface area contributed by atoms with Gasteiger partial charge in [0.05, 0.1) is 6.54 Å². The van der Waals surface area contributed by atoms with Crippen LogP contribution < -0.4 is 11.1 Å². The van der Waals surface area contributed by atoms with E-state index < -0.39 is 0 Å². The van der Waals surface area contributed by atoms with Crippen molar-refractivity contribution in [3.05, 3.63) is 70.7 Å². The van der Waals surface area contributed by atoms with Gasteiger partial charge in [0.25, 0.3) is 0 Å². The van der Waals surface area contributed by atoms with Crippen LogP contribution in [-0.4, -0.2) is 43.5 Å². The molecule has 0 atom stereocenters. The fourth-order valence-electron chi connectivity index (χ4n) is 2.64. The van der Waals surface area contributed by atoms with Crippen LogP contribution in [0.1, 0.15) is 11.1 Å². The quantitative estimate of drug-likeness (QED) is 0.649. The molecule has 1 amide bonds. The van der Waals surface area contributed by atoms with E-state index in [0.29, 0.717) is 19.6 Å². The van der Waals surface area contributed by atoms with Gasteiger partial charge < -0.3 is 11.1 Å². The number of rotatable bonds is 10. The van der Waals surface area contributed by atoms with Crippen LogP contribution in [0.25, 0.3) is 0 Å². The molecule has 3 N–H and O–H groups in total. The van der Waals surface area contributed by atoms with Crippen LogP contribution in [0.5, 0.6) is 0 Å². The topological polar surface area (TPSA) is 58.4 Å². The zero-order chi connectivity index (χ0) is 17.9. The fraction of sp³-hybridized carbons (Fsp3) is 0.350. The molecule has 26 heavy (non-hydrogen) atoms. The highest BCUT2D eigenvalue weighted by molar-refractivity contribution is 6.30. The molecule has 6 heteroatoms. The molecule has 0 saturated carbocycles. The molecule has 0 bridgehead atoms. The van der Waals surface area contributed by atoms with E-state index in [-0.39, 0.29) is 18.3 Å². The molecule has 142 valence electrons. The number of carbonyl (C=O) groups is 1. The first-order valence-electron chi connectivity index (χ1n) is 8.65. The lowest BCUT2D eigenvalue weighted by molar-refractivity contribution is -0.122. The Morgan fingerprint density at radius 1 is 0.962 bits per heavy atom. The second kappa shape index (κ2) is 12.7. The predicted molar refractivity (Wildman–Crippen MR) is 111 cm³/mol. The maximum atomic E-state index is 12.2. The van der Waals surface area contributed by atoms with Crippen LogP contribution in [0.4, 0.5) is 0 Å².